The van der Waals surface area contributed by atoms with Gasteiger partial charge in [-0.2, -0.15) is 0 Å². The smallest absolute Gasteiger partial charge is 0.329 e. The van der Waals surface area contributed by atoms with Crippen LogP contribution < -0.4 is 0 Å². The lowest BCUT2D eigenvalue weighted by Gasteiger charge is -2.28. The van der Waals surface area contributed by atoms with Gasteiger partial charge in [-0.15, -0.1) is 0 Å². The van der Waals surface area contributed by atoms with Crippen LogP contribution in [0.3, 0.4) is 0 Å². The van der Waals surface area contributed by atoms with Crippen molar-refractivity contribution in [3.05, 3.63) is 95.8 Å². The van der Waals surface area contributed by atoms with Crippen molar-refractivity contribution in [2.45, 2.75) is 12.0 Å². The molecule has 1 atom stereocenters. The van der Waals surface area contributed by atoms with Crippen molar-refractivity contribution in [1.29, 1.82) is 0 Å². The molecular formula is C20H17FN2O3. The number of hydrogen-bond donors (Lipinski definition) is 1. The second kappa shape index (κ2) is 8.31. The van der Waals surface area contributed by atoms with Crippen molar-refractivity contribution in [3.63, 3.8) is 0 Å². The summed E-state index contributed by atoms with van der Waals surface area (Å²) in [5, 5.41) is 9.07. The van der Waals surface area contributed by atoms with Gasteiger partial charge < -0.3 is 9.84 Å². The van der Waals surface area contributed by atoms with E-state index in [0.717, 1.165) is 11.1 Å². The third kappa shape index (κ3) is 4.29. The standard InChI is InChI=1S/C20H17FN2O3/c21-17-7-5-14(6-8-17)20(26-13-18(24)25)19(15-3-1-9-22-11-15)16-4-2-10-23-12-16/h1-12,19-20H,13H2,(H,24,25). The zero-order valence-corrected chi connectivity index (χ0v) is 13.8. The van der Waals surface area contributed by atoms with Gasteiger partial charge in [0, 0.05) is 30.7 Å². The molecule has 0 bridgehead atoms. The molecule has 1 N–H and O–H groups in total. The third-order valence-electron chi connectivity index (χ3n) is 3.97. The van der Waals surface area contributed by atoms with Gasteiger partial charge in [0.2, 0.25) is 0 Å². The molecule has 0 saturated carbocycles. The second-order valence-corrected chi connectivity index (χ2v) is 5.73. The highest BCUT2D eigenvalue weighted by atomic mass is 19.1. The first-order valence-electron chi connectivity index (χ1n) is 8.04. The largest absolute Gasteiger partial charge is 0.480 e. The van der Waals surface area contributed by atoms with Gasteiger partial charge in [0.1, 0.15) is 12.4 Å². The molecule has 0 spiro atoms. The van der Waals surface area contributed by atoms with Gasteiger partial charge in [0.05, 0.1) is 6.10 Å². The topological polar surface area (TPSA) is 72.3 Å². The molecule has 0 aliphatic carbocycles. The minimum absolute atomic E-state index is 0.345. The Hall–Kier alpha value is -3.12. The first-order valence-corrected chi connectivity index (χ1v) is 8.04. The summed E-state index contributed by atoms with van der Waals surface area (Å²) in [6.45, 7) is -0.473. The Labute approximate surface area is 150 Å². The lowest BCUT2D eigenvalue weighted by Crippen LogP contribution is -2.20. The van der Waals surface area contributed by atoms with Crippen molar-refractivity contribution < 1.29 is 19.0 Å². The molecule has 5 nitrogen and oxygen atoms in total. The summed E-state index contributed by atoms with van der Waals surface area (Å²) in [7, 11) is 0. The Balaban J connectivity index is 2.08. The normalized spacial score (nSPS) is 12.1. The van der Waals surface area contributed by atoms with Crippen LogP contribution in [0.15, 0.2) is 73.3 Å². The molecule has 1 unspecified atom stereocenters. The Morgan fingerprint density at radius 3 is 2.00 bits per heavy atom. The van der Waals surface area contributed by atoms with E-state index in [1.165, 1.54) is 12.1 Å². The summed E-state index contributed by atoms with van der Waals surface area (Å²) >= 11 is 0. The van der Waals surface area contributed by atoms with Crippen LogP contribution in [-0.4, -0.2) is 27.7 Å². The number of halogens is 1. The summed E-state index contributed by atoms with van der Waals surface area (Å²) in [5.74, 6) is -1.79. The minimum Gasteiger partial charge on any atom is -0.480 e. The molecule has 1 aromatic carbocycles. The maximum Gasteiger partial charge on any atom is 0.329 e. The number of nitrogens with zero attached hydrogens (tertiary/aromatic N) is 2. The zero-order valence-electron chi connectivity index (χ0n) is 13.8. The fraction of sp³-hybridized carbons (Fsp3) is 0.150. The van der Waals surface area contributed by atoms with Crippen LogP contribution in [-0.2, 0) is 9.53 Å². The highest BCUT2D eigenvalue weighted by Gasteiger charge is 2.28. The fourth-order valence-electron chi connectivity index (χ4n) is 2.86. The number of rotatable bonds is 7. The highest BCUT2D eigenvalue weighted by Crippen LogP contribution is 2.38. The number of carboxylic acids is 1. The van der Waals surface area contributed by atoms with E-state index >= 15 is 0 Å². The van der Waals surface area contributed by atoms with E-state index in [9.17, 15) is 9.18 Å². The summed E-state index contributed by atoms with van der Waals surface area (Å²) in [6.07, 6.45) is 6.10. The molecule has 2 heterocycles. The van der Waals surface area contributed by atoms with Gasteiger partial charge in [0.25, 0.3) is 0 Å². The number of pyridine rings is 2. The van der Waals surface area contributed by atoms with E-state index < -0.39 is 18.7 Å². The van der Waals surface area contributed by atoms with Crippen molar-refractivity contribution in [2.24, 2.45) is 0 Å². The van der Waals surface area contributed by atoms with E-state index in [0.29, 0.717) is 5.56 Å². The maximum absolute atomic E-state index is 13.4. The monoisotopic (exact) mass is 352 g/mol. The molecule has 6 heteroatoms. The predicted molar refractivity (Wildman–Crippen MR) is 93.0 cm³/mol. The number of carbonyl (C=O) groups is 1. The number of aliphatic carboxylic acids is 1. The average molecular weight is 352 g/mol. The lowest BCUT2D eigenvalue weighted by atomic mass is 9.85. The van der Waals surface area contributed by atoms with Crippen LogP contribution in [0.5, 0.6) is 0 Å². The SMILES string of the molecule is O=C(O)COC(c1ccc(F)cc1)C(c1cccnc1)c1cccnc1. The molecule has 0 saturated heterocycles. The van der Waals surface area contributed by atoms with Crippen molar-refractivity contribution in [3.8, 4) is 0 Å². The van der Waals surface area contributed by atoms with Crippen LogP contribution in [0, 0.1) is 5.82 Å². The van der Waals surface area contributed by atoms with E-state index in [2.05, 4.69) is 9.97 Å². The summed E-state index contributed by atoms with van der Waals surface area (Å²) in [4.78, 5) is 19.4. The quantitative estimate of drug-likeness (QED) is 0.703. The Morgan fingerprint density at radius 2 is 1.54 bits per heavy atom. The Morgan fingerprint density at radius 1 is 0.962 bits per heavy atom. The number of carboxylic acid groups (broad SMARTS) is 1. The molecule has 132 valence electrons. The number of benzene rings is 1. The Kier molecular flexibility index (Phi) is 5.66. The summed E-state index contributed by atoms with van der Waals surface area (Å²) in [6, 6.07) is 13.3. The van der Waals surface area contributed by atoms with Crippen molar-refractivity contribution in [1.82, 2.24) is 9.97 Å². The van der Waals surface area contributed by atoms with Gasteiger partial charge in [-0.25, -0.2) is 9.18 Å². The van der Waals surface area contributed by atoms with E-state index in [1.54, 1.807) is 49.1 Å². The maximum atomic E-state index is 13.4. The molecule has 0 aliphatic heterocycles. The second-order valence-electron chi connectivity index (χ2n) is 5.73. The van der Waals surface area contributed by atoms with Crippen molar-refractivity contribution >= 4 is 5.97 Å². The minimum atomic E-state index is -1.08. The summed E-state index contributed by atoms with van der Waals surface area (Å²) < 4.78 is 19.1. The van der Waals surface area contributed by atoms with Gasteiger partial charge in [-0.05, 0) is 41.0 Å². The van der Waals surface area contributed by atoms with Gasteiger partial charge in [-0.1, -0.05) is 24.3 Å². The first kappa shape index (κ1) is 17.7. The molecule has 3 rings (SSSR count). The number of hydrogen-bond acceptors (Lipinski definition) is 4. The van der Waals surface area contributed by atoms with Crippen molar-refractivity contribution in [2.75, 3.05) is 6.61 Å². The summed E-state index contributed by atoms with van der Waals surface area (Å²) in [5.41, 5.74) is 2.37. The molecule has 0 fully saturated rings. The van der Waals surface area contributed by atoms with Gasteiger partial charge in [-0.3, -0.25) is 9.97 Å². The lowest BCUT2D eigenvalue weighted by molar-refractivity contribution is -0.144. The van der Waals surface area contributed by atoms with E-state index in [-0.39, 0.29) is 11.7 Å². The van der Waals surface area contributed by atoms with Crippen LogP contribution >= 0.6 is 0 Å². The van der Waals surface area contributed by atoms with Crippen LogP contribution in [0.4, 0.5) is 4.39 Å². The molecule has 26 heavy (non-hydrogen) atoms. The Bertz CT molecular complexity index is 802. The first-order chi connectivity index (χ1) is 12.6. The molecular weight excluding hydrogens is 335 g/mol. The van der Waals surface area contributed by atoms with Gasteiger partial charge in [0.15, 0.2) is 0 Å². The van der Waals surface area contributed by atoms with Gasteiger partial charge >= 0.3 is 5.97 Å². The van der Waals surface area contributed by atoms with E-state index in [4.69, 9.17) is 9.84 Å². The molecule has 0 aliphatic rings. The number of aromatic nitrogens is 2. The fourth-order valence-corrected chi connectivity index (χ4v) is 2.86. The van der Waals surface area contributed by atoms with Crippen LogP contribution in [0.2, 0.25) is 0 Å². The average Bonchev–Trinajstić information content (AvgIpc) is 2.67. The van der Waals surface area contributed by atoms with Crippen LogP contribution in [0.1, 0.15) is 28.7 Å². The highest BCUT2D eigenvalue weighted by molar-refractivity contribution is 5.68. The third-order valence-corrected chi connectivity index (χ3v) is 3.97. The van der Waals surface area contributed by atoms with E-state index in [1.807, 2.05) is 12.1 Å². The molecule has 0 amide bonds. The molecule has 0 radical (unpaired) electrons. The molecule has 3 aromatic rings. The zero-order chi connectivity index (χ0) is 18.4. The molecule has 2 aromatic heterocycles. The number of ether oxygens (including phenoxy) is 1. The predicted octanol–water partition coefficient (Wildman–Crippen LogP) is 3.59. The van der Waals surface area contributed by atoms with Crippen LogP contribution in [0.25, 0.3) is 0 Å².